The van der Waals surface area contributed by atoms with Crippen LogP contribution >= 0.6 is 34.9 Å². The number of aromatic nitrogens is 2. The molecule has 0 aliphatic heterocycles. The maximum atomic E-state index is 12.4. The molecule has 6 nitrogen and oxygen atoms in total. The minimum absolute atomic E-state index is 0.0709. The number of anilines is 2. The van der Waals surface area contributed by atoms with E-state index in [1.54, 1.807) is 16.7 Å². The highest BCUT2D eigenvalue weighted by atomic mass is 32.2. The highest BCUT2D eigenvalue weighted by Crippen LogP contribution is 2.36. The molecule has 2 aromatic rings. The molecule has 0 radical (unpaired) electrons. The highest BCUT2D eigenvalue weighted by molar-refractivity contribution is 8.01. The second kappa shape index (κ2) is 10.1. The van der Waals surface area contributed by atoms with Crippen molar-refractivity contribution in [2.24, 2.45) is 0 Å². The van der Waals surface area contributed by atoms with Gasteiger partial charge in [-0.25, -0.2) is 0 Å². The van der Waals surface area contributed by atoms with Crippen molar-refractivity contribution in [2.75, 3.05) is 21.7 Å². The Labute approximate surface area is 177 Å². The van der Waals surface area contributed by atoms with Crippen LogP contribution in [0.1, 0.15) is 26.2 Å². The zero-order chi connectivity index (χ0) is 19.9. The zero-order valence-electron chi connectivity index (χ0n) is 15.6. The Hall–Kier alpha value is -1.84. The summed E-state index contributed by atoms with van der Waals surface area (Å²) in [7, 11) is 0. The molecular formula is C19H22N4O2S3. The first-order valence-corrected chi connectivity index (χ1v) is 11.8. The SMILES string of the molecule is C=CCSc1ccccc1NC(=O)CSc1nnc(N(C(=O)CC)C2CC2)s1. The van der Waals surface area contributed by atoms with Gasteiger partial charge in [0.05, 0.1) is 11.4 Å². The number of nitrogens with zero attached hydrogens (tertiary/aromatic N) is 3. The van der Waals surface area contributed by atoms with E-state index in [4.69, 9.17) is 0 Å². The maximum Gasteiger partial charge on any atom is 0.234 e. The van der Waals surface area contributed by atoms with E-state index in [1.807, 2.05) is 37.3 Å². The van der Waals surface area contributed by atoms with Crippen molar-refractivity contribution < 1.29 is 9.59 Å². The Kier molecular flexibility index (Phi) is 7.52. The summed E-state index contributed by atoms with van der Waals surface area (Å²) in [6.45, 7) is 5.58. The number of carbonyl (C=O) groups is 2. The molecular weight excluding hydrogens is 412 g/mol. The molecule has 1 aromatic carbocycles. The normalized spacial score (nSPS) is 13.2. The van der Waals surface area contributed by atoms with Crippen LogP contribution in [0.5, 0.6) is 0 Å². The van der Waals surface area contributed by atoms with Crippen LogP contribution < -0.4 is 10.2 Å². The first-order valence-electron chi connectivity index (χ1n) is 9.03. The van der Waals surface area contributed by atoms with E-state index in [-0.39, 0.29) is 23.6 Å². The van der Waals surface area contributed by atoms with E-state index in [0.29, 0.717) is 15.9 Å². The number of hydrogen-bond donors (Lipinski definition) is 1. The average Bonchev–Trinajstić information content (AvgIpc) is 3.43. The van der Waals surface area contributed by atoms with Gasteiger partial charge in [0, 0.05) is 23.1 Å². The summed E-state index contributed by atoms with van der Waals surface area (Å²) in [5.41, 5.74) is 0.798. The molecule has 1 heterocycles. The molecule has 9 heteroatoms. The van der Waals surface area contributed by atoms with Crippen molar-refractivity contribution in [3.8, 4) is 0 Å². The van der Waals surface area contributed by atoms with Crippen molar-refractivity contribution in [3.63, 3.8) is 0 Å². The van der Waals surface area contributed by atoms with Gasteiger partial charge in [0.1, 0.15) is 0 Å². The molecule has 1 aliphatic rings. The topological polar surface area (TPSA) is 75.2 Å². The third kappa shape index (κ3) is 5.59. The third-order valence-corrected chi connectivity index (χ3v) is 7.05. The first-order chi connectivity index (χ1) is 13.6. The van der Waals surface area contributed by atoms with Gasteiger partial charge in [-0.3, -0.25) is 14.5 Å². The summed E-state index contributed by atoms with van der Waals surface area (Å²) in [6, 6.07) is 7.97. The molecule has 1 aliphatic carbocycles. The fourth-order valence-electron chi connectivity index (χ4n) is 2.49. The molecule has 148 valence electrons. The summed E-state index contributed by atoms with van der Waals surface area (Å²) < 4.78 is 0.689. The standard InChI is InChI=1S/C19H22N4O2S3/c1-3-11-26-15-8-6-5-7-14(15)20-16(24)12-27-19-22-21-18(28-19)23(13-9-10-13)17(25)4-2/h3,5-8,13H,1,4,9-12H2,2H3,(H,20,24). The van der Waals surface area contributed by atoms with Crippen LogP contribution in [0.15, 0.2) is 46.2 Å². The molecule has 0 atom stereocenters. The molecule has 2 amide bonds. The lowest BCUT2D eigenvalue weighted by Crippen LogP contribution is -2.32. The van der Waals surface area contributed by atoms with Crippen molar-refractivity contribution in [1.82, 2.24) is 10.2 Å². The van der Waals surface area contributed by atoms with Gasteiger partial charge in [0.25, 0.3) is 0 Å². The van der Waals surface area contributed by atoms with Crippen LogP contribution in [0, 0.1) is 0 Å². The van der Waals surface area contributed by atoms with Gasteiger partial charge in [-0.05, 0) is 25.0 Å². The number of hydrogen-bond acceptors (Lipinski definition) is 7. The lowest BCUT2D eigenvalue weighted by atomic mass is 10.3. The Morgan fingerprint density at radius 2 is 2.11 bits per heavy atom. The smallest absolute Gasteiger partial charge is 0.234 e. The number of nitrogens with one attached hydrogen (secondary N) is 1. The highest BCUT2D eigenvalue weighted by Gasteiger charge is 2.35. The first kappa shape index (κ1) is 20.9. The molecule has 0 unspecified atom stereocenters. The Morgan fingerprint density at radius 1 is 1.32 bits per heavy atom. The molecule has 28 heavy (non-hydrogen) atoms. The number of para-hydroxylation sites is 1. The average molecular weight is 435 g/mol. The third-order valence-electron chi connectivity index (χ3n) is 3.93. The van der Waals surface area contributed by atoms with E-state index in [9.17, 15) is 9.59 Å². The van der Waals surface area contributed by atoms with Gasteiger partial charge in [-0.1, -0.05) is 48.2 Å². The van der Waals surface area contributed by atoms with Gasteiger partial charge in [-0.15, -0.1) is 28.5 Å². The van der Waals surface area contributed by atoms with Crippen molar-refractivity contribution in [1.29, 1.82) is 0 Å². The molecule has 1 aromatic heterocycles. The summed E-state index contributed by atoms with van der Waals surface area (Å²) in [5.74, 6) is 0.988. The van der Waals surface area contributed by atoms with Gasteiger partial charge < -0.3 is 5.32 Å². The van der Waals surface area contributed by atoms with Crippen LogP contribution in [-0.2, 0) is 9.59 Å². The van der Waals surface area contributed by atoms with Crippen molar-refractivity contribution >= 4 is 57.5 Å². The van der Waals surface area contributed by atoms with Crippen LogP contribution in [-0.4, -0.2) is 39.6 Å². The van der Waals surface area contributed by atoms with E-state index in [0.717, 1.165) is 29.2 Å². The number of carbonyl (C=O) groups excluding carboxylic acids is 2. The minimum Gasteiger partial charge on any atom is -0.324 e. The minimum atomic E-state index is -0.0999. The zero-order valence-corrected chi connectivity index (χ0v) is 18.0. The van der Waals surface area contributed by atoms with E-state index in [2.05, 4.69) is 22.1 Å². The Balaban J connectivity index is 1.56. The monoisotopic (exact) mass is 434 g/mol. The number of amides is 2. The molecule has 0 spiro atoms. The summed E-state index contributed by atoms with van der Waals surface area (Å²) in [4.78, 5) is 27.3. The molecule has 1 fully saturated rings. The summed E-state index contributed by atoms with van der Waals surface area (Å²) in [5, 5.41) is 11.9. The van der Waals surface area contributed by atoms with Crippen molar-refractivity contribution in [3.05, 3.63) is 36.9 Å². The van der Waals surface area contributed by atoms with E-state index >= 15 is 0 Å². The van der Waals surface area contributed by atoms with E-state index < -0.39 is 0 Å². The van der Waals surface area contributed by atoms with Crippen LogP contribution in [0.4, 0.5) is 10.8 Å². The maximum absolute atomic E-state index is 12.4. The Morgan fingerprint density at radius 3 is 2.82 bits per heavy atom. The second-order valence-corrected chi connectivity index (χ2v) is 9.37. The van der Waals surface area contributed by atoms with Gasteiger partial charge in [0.2, 0.25) is 16.9 Å². The Bertz CT molecular complexity index is 851. The summed E-state index contributed by atoms with van der Waals surface area (Å²) >= 11 is 4.33. The molecule has 1 saturated carbocycles. The van der Waals surface area contributed by atoms with Gasteiger partial charge in [0.15, 0.2) is 4.34 Å². The lowest BCUT2D eigenvalue weighted by molar-refractivity contribution is -0.118. The fourth-order valence-corrected chi connectivity index (χ4v) is 4.96. The number of thioether (sulfide) groups is 2. The molecule has 3 rings (SSSR count). The quantitative estimate of drug-likeness (QED) is 0.338. The molecule has 0 saturated heterocycles. The summed E-state index contributed by atoms with van der Waals surface area (Å²) in [6.07, 6.45) is 4.31. The molecule has 0 bridgehead atoms. The van der Waals surface area contributed by atoms with Crippen LogP contribution in [0.2, 0.25) is 0 Å². The lowest BCUT2D eigenvalue weighted by Gasteiger charge is -2.17. The predicted octanol–water partition coefficient (Wildman–Crippen LogP) is 4.45. The predicted molar refractivity (Wildman–Crippen MR) is 117 cm³/mol. The molecule has 1 N–H and O–H groups in total. The largest absolute Gasteiger partial charge is 0.324 e. The number of benzene rings is 1. The van der Waals surface area contributed by atoms with Gasteiger partial charge >= 0.3 is 0 Å². The van der Waals surface area contributed by atoms with Gasteiger partial charge in [-0.2, -0.15) is 0 Å². The number of rotatable bonds is 10. The van der Waals surface area contributed by atoms with E-state index in [1.165, 1.54) is 23.1 Å². The fraction of sp³-hybridized carbons (Fsp3) is 0.368. The van der Waals surface area contributed by atoms with Crippen LogP contribution in [0.3, 0.4) is 0 Å². The van der Waals surface area contributed by atoms with Crippen molar-refractivity contribution in [2.45, 2.75) is 41.5 Å². The van der Waals surface area contributed by atoms with Crippen LogP contribution in [0.25, 0.3) is 0 Å². The second-order valence-electron chi connectivity index (χ2n) is 6.13.